The topological polar surface area (TPSA) is 185 Å². The molecule has 15 heteroatoms. The molecule has 548 valence electrons. The van der Waals surface area contributed by atoms with Crippen molar-refractivity contribution in [3.05, 3.63) is 394 Å². The Morgan fingerprint density at radius 2 is 0.711 bits per heavy atom. The molecule has 13 aromatic heterocycles. The number of nitrogens with zero attached hydrogens (tertiary/aromatic N) is 15. The fourth-order valence-corrected chi connectivity index (χ4v) is 14.1. The third-order valence-corrected chi connectivity index (χ3v) is 19.7. The van der Waals surface area contributed by atoms with Gasteiger partial charge in [-0.1, -0.05) is 183 Å². The van der Waals surface area contributed by atoms with Crippen LogP contribution in [-0.2, 0) is 19.4 Å². The van der Waals surface area contributed by atoms with Gasteiger partial charge in [-0.05, 0) is 193 Å². The van der Waals surface area contributed by atoms with E-state index in [-0.39, 0.29) is 0 Å². The lowest BCUT2D eigenvalue weighted by Gasteiger charge is -2.19. The normalized spacial score (nSPS) is 12.2. The van der Waals surface area contributed by atoms with E-state index in [1.807, 2.05) is 237 Å². The number of aliphatic imine (C=N–C) groups is 1. The molecule has 0 saturated heterocycles. The van der Waals surface area contributed by atoms with Crippen molar-refractivity contribution >= 4 is 92.8 Å². The Bertz CT molecular complexity index is 6490. The second kappa shape index (κ2) is 35.6. The monoisotopic (exact) mass is 1480 g/mol. The molecule has 1 unspecified atom stereocenters. The van der Waals surface area contributed by atoms with Crippen LogP contribution in [0.3, 0.4) is 0 Å². The Morgan fingerprint density at radius 3 is 1.22 bits per heavy atom. The molecule has 0 N–H and O–H groups in total. The zero-order valence-electron chi connectivity index (χ0n) is 62.9. The zero-order valence-corrected chi connectivity index (χ0v) is 62.9. The predicted molar refractivity (Wildman–Crippen MR) is 464 cm³/mol. The first-order valence-electron chi connectivity index (χ1n) is 38.1. The first-order valence-corrected chi connectivity index (χ1v) is 38.1. The molecule has 1 atom stereocenters. The van der Waals surface area contributed by atoms with Crippen LogP contribution in [-0.4, -0.2) is 75.1 Å². The smallest absolute Gasteiger partial charge is 0.159 e. The van der Waals surface area contributed by atoms with Crippen LogP contribution in [0.1, 0.15) is 37.1 Å². The van der Waals surface area contributed by atoms with Crippen molar-refractivity contribution in [3.8, 4) is 57.1 Å². The van der Waals surface area contributed by atoms with E-state index in [1.54, 1.807) is 31.0 Å². The number of rotatable bonds is 7. The van der Waals surface area contributed by atoms with Crippen molar-refractivity contribution in [2.45, 2.75) is 39.7 Å². The van der Waals surface area contributed by atoms with Gasteiger partial charge in [-0.15, -0.1) is 0 Å². The standard InChI is InChI=1S/C20H14N2.C18H12N2.C14H13N3.2C14H10N2.C11H12N2.C8H6N2/c1-3-7-17-13(5-1)11-15-9-10-16-12-14-6-2-4-8-18(14)22-20(16)19(15)21-17;1-3-7-15-13(5-1)9-11-19-17(15)18-16-8-4-2-6-14(16)10-12-20-18;1-2-17-13-9-4-3-7-11(13)16-14(17)12-8-5-6-10-15-12;1-2-6-12-11(5-1)8-9-14(16-12)13-7-3-4-10-15-13;1-2-6-12-11(5-1)8-10-16-14(12)13-7-3-4-9-15-13;1-2-9-6-8-13-11(9)10-5-3-4-7-12-10;1-3-7-4-2-6-10-8(7)9-5-1/h1-8,11-12H,9-10H2;1-12H;3-10H,2H2,1H3;2*1-10H;3-9H,2H2,1H3;1-6H. The van der Waals surface area contributed by atoms with Crippen LogP contribution in [0.5, 0.6) is 0 Å². The van der Waals surface area contributed by atoms with E-state index in [0.717, 1.165) is 154 Å². The molecule has 1 aliphatic heterocycles. The quantitative estimate of drug-likeness (QED) is 0.147. The van der Waals surface area contributed by atoms with Gasteiger partial charge in [0.1, 0.15) is 5.69 Å². The first-order chi connectivity index (χ1) is 56.5. The fourth-order valence-electron chi connectivity index (χ4n) is 14.1. The van der Waals surface area contributed by atoms with Crippen LogP contribution in [0.4, 0.5) is 0 Å². The van der Waals surface area contributed by atoms with Gasteiger partial charge in [0.25, 0.3) is 0 Å². The summed E-state index contributed by atoms with van der Waals surface area (Å²) in [4.78, 5) is 62.3. The van der Waals surface area contributed by atoms with E-state index in [2.05, 4.69) is 187 Å². The lowest BCUT2D eigenvalue weighted by atomic mass is 9.91. The van der Waals surface area contributed by atoms with Crippen LogP contribution < -0.4 is 0 Å². The Hall–Kier alpha value is -15.0. The predicted octanol–water partition coefficient (Wildman–Crippen LogP) is 22.8. The average molecular weight is 1480 g/mol. The number of aromatic nitrogens is 14. The van der Waals surface area contributed by atoms with Crippen molar-refractivity contribution in [1.82, 2.24) is 69.4 Å². The van der Waals surface area contributed by atoms with Crippen LogP contribution in [0.15, 0.2) is 382 Å². The molecule has 22 rings (SSSR count). The van der Waals surface area contributed by atoms with Gasteiger partial charge in [0, 0.05) is 112 Å². The van der Waals surface area contributed by atoms with Gasteiger partial charge in [0.15, 0.2) is 11.5 Å². The van der Waals surface area contributed by atoms with Crippen molar-refractivity contribution in [2.24, 2.45) is 10.9 Å². The molecular formula is C99H77N15. The highest BCUT2D eigenvalue weighted by atomic mass is 15.1. The van der Waals surface area contributed by atoms with Gasteiger partial charge in [0.05, 0.1) is 84.5 Å². The molecule has 2 aliphatic rings. The summed E-state index contributed by atoms with van der Waals surface area (Å²) in [6.07, 6.45) is 23.4. The second-order valence-corrected chi connectivity index (χ2v) is 26.9. The molecule has 20 aromatic rings. The Labute approximate surface area is 660 Å². The minimum Gasteiger partial charge on any atom is -0.323 e. The summed E-state index contributed by atoms with van der Waals surface area (Å²) >= 11 is 0. The zero-order chi connectivity index (χ0) is 77.0. The van der Waals surface area contributed by atoms with E-state index < -0.39 is 0 Å². The van der Waals surface area contributed by atoms with Crippen LogP contribution >= 0.6 is 0 Å². The lowest BCUT2D eigenvalue weighted by Crippen LogP contribution is -2.11. The molecule has 1 aliphatic carbocycles. The number of benzene rings is 7. The van der Waals surface area contributed by atoms with Gasteiger partial charge in [-0.3, -0.25) is 39.9 Å². The number of imidazole rings is 1. The molecule has 0 spiro atoms. The van der Waals surface area contributed by atoms with Crippen molar-refractivity contribution < 1.29 is 0 Å². The molecule has 0 saturated carbocycles. The fraction of sp³-hybridized carbons (Fsp3) is 0.0707. The van der Waals surface area contributed by atoms with Gasteiger partial charge in [-0.2, -0.15) is 0 Å². The molecule has 0 amide bonds. The number of fused-ring (bicyclic) bond motifs is 11. The SMILES string of the molecule is CCC1C=CN=C1c1ccccn1.CCn1c(-c2ccccn2)nc2ccccc21.c1ccc(-c2ccc3ccccc3n2)nc1.c1ccc(-c2nccc3ccccc23)nc1.c1ccc2c(-c3nccc4ccccc34)nccc2c1.c1ccc2nc3c(cc2c1)CCc1cc2ccccc2nc1-3.c1cnc2ncccc2c1. The maximum absolute atomic E-state index is 4.90. The number of pyridine rings is 12. The summed E-state index contributed by atoms with van der Waals surface area (Å²) in [7, 11) is 0. The highest BCUT2D eigenvalue weighted by Gasteiger charge is 2.22. The molecule has 7 aromatic carbocycles. The molecule has 0 bridgehead atoms. The molecule has 114 heavy (non-hydrogen) atoms. The number of allylic oxidation sites excluding steroid dienone is 1. The Kier molecular flexibility index (Phi) is 22.9. The molecule has 0 radical (unpaired) electrons. The number of hydrogen-bond acceptors (Lipinski definition) is 14. The Balaban J connectivity index is 0.000000101. The van der Waals surface area contributed by atoms with E-state index in [1.165, 1.54) is 38.1 Å². The van der Waals surface area contributed by atoms with Gasteiger partial charge in [0.2, 0.25) is 0 Å². The number of para-hydroxylation sites is 5. The highest BCUT2D eigenvalue weighted by molar-refractivity contribution is 6.04. The number of aryl methyl sites for hydroxylation is 3. The van der Waals surface area contributed by atoms with Crippen molar-refractivity contribution in [1.29, 1.82) is 0 Å². The van der Waals surface area contributed by atoms with Crippen LogP contribution in [0.2, 0.25) is 0 Å². The summed E-state index contributed by atoms with van der Waals surface area (Å²) in [6.45, 7) is 5.19. The molecule has 0 fully saturated rings. The van der Waals surface area contributed by atoms with Crippen LogP contribution in [0.25, 0.3) is 144 Å². The molecule has 15 nitrogen and oxygen atoms in total. The minimum atomic E-state index is 0.454. The lowest BCUT2D eigenvalue weighted by molar-refractivity contribution is 0.793. The summed E-state index contributed by atoms with van der Waals surface area (Å²) in [5, 5.41) is 11.7. The van der Waals surface area contributed by atoms with Crippen LogP contribution in [0, 0.1) is 5.92 Å². The second-order valence-electron chi connectivity index (χ2n) is 26.9. The van der Waals surface area contributed by atoms with E-state index in [9.17, 15) is 0 Å². The van der Waals surface area contributed by atoms with E-state index in [0.29, 0.717) is 5.92 Å². The summed E-state index contributed by atoms with van der Waals surface area (Å²) in [5.41, 5.74) is 19.4. The average Bonchev–Trinajstić information content (AvgIpc) is 0.869. The third-order valence-electron chi connectivity index (χ3n) is 19.7. The first kappa shape index (κ1) is 73.2. The molecular weight excluding hydrogens is 1400 g/mol. The maximum atomic E-state index is 4.90. The van der Waals surface area contributed by atoms with Gasteiger partial charge >= 0.3 is 0 Å². The maximum Gasteiger partial charge on any atom is 0.159 e. The highest BCUT2D eigenvalue weighted by Crippen LogP contribution is 2.36. The third kappa shape index (κ3) is 16.9. The summed E-state index contributed by atoms with van der Waals surface area (Å²) in [6, 6.07) is 104. The van der Waals surface area contributed by atoms with E-state index >= 15 is 0 Å². The minimum absolute atomic E-state index is 0.454. The van der Waals surface area contributed by atoms with Gasteiger partial charge in [-0.25, -0.2) is 29.9 Å². The van der Waals surface area contributed by atoms with Crippen molar-refractivity contribution in [3.63, 3.8) is 0 Å². The van der Waals surface area contributed by atoms with Crippen molar-refractivity contribution in [2.75, 3.05) is 0 Å². The summed E-state index contributed by atoms with van der Waals surface area (Å²) < 4.78 is 2.19. The molecule has 14 heterocycles. The van der Waals surface area contributed by atoms with Gasteiger partial charge < -0.3 is 4.57 Å². The Morgan fingerprint density at radius 1 is 0.289 bits per heavy atom. The summed E-state index contributed by atoms with van der Waals surface area (Å²) in [5.74, 6) is 1.39. The largest absolute Gasteiger partial charge is 0.323 e. The van der Waals surface area contributed by atoms with E-state index in [4.69, 9.17) is 9.97 Å². The number of hydrogen-bond donors (Lipinski definition) is 0.